The van der Waals surface area contributed by atoms with Crippen LogP contribution >= 0.6 is 0 Å². The molecule has 0 aromatic heterocycles. The summed E-state index contributed by atoms with van der Waals surface area (Å²) in [5, 5.41) is 2.90. The van der Waals surface area contributed by atoms with E-state index >= 15 is 0 Å². The smallest absolute Gasteiger partial charge is 0.243 e. The molecule has 1 N–H and O–H groups in total. The lowest BCUT2D eigenvalue weighted by molar-refractivity contribution is -0.121. The first kappa shape index (κ1) is 21.1. The Morgan fingerprint density at radius 2 is 1.59 bits per heavy atom. The lowest BCUT2D eigenvalue weighted by atomic mass is 9.97. The van der Waals surface area contributed by atoms with Crippen LogP contribution in [0.4, 0.5) is 0 Å². The molecule has 0 radical (unpaired) electrons. The monoisotopic (exact) mass is 388 g/mol. The van der Waals surface area contributed by atoms with Gasteiger partial charge >= 0.3 is 0 Å². The predicted octanol–water partition coefficient (Wildman–Crippen LogP) is 3.53. The molecule has 2 aromatic carbocycles. The Labute approximate surface area is 162 Å². The van der Waals surface area contributed by atoms with Crippen LogP contribution in [-0.4, -0.2) is 31.7 Å². The first-order valence-electron chi connectivity index (χ1n) is 9.29. The third-order valence-corrected chi connectivity index (χ3v) is 6.68. The average molecular weight is 389 g/mol. The lowest BCUT2D eigenvalue weighted by Crippen LogP contribution is -2.30. The molecule has 0 aliphatic heterocycles. The maximum atomic E-state index is 12.5. The van der Waals surface area contributed by atoms with Crippen molar-refractivity contribution in [2.24, 2.45) is 0 Å². The van der Waals surface area contributed by atoms with Gasteiger partial charge in [-0.15, -0.1) is 0 Å². The Morgan fingerprint density at radius 1 is 1.00 bits per heavy atom. The van der Waals surface area contributed by atoms with Crippen LogP contribution in [0.1, 0.15) is 44.2 Å². The summed E-state index contributed by atoms with van der Waals surface area (Å²) in [5.41, 5.74) is 2.01. The van der Waals surface area contributed by atoms with Gasteiger partial charge in [0.15, 0.2) is 0 Å². The van der Waals surface area contributed by atoms with Crippen LogP contribution in [0.2, 0.25) is 0 Å². The number of nitrogens with one attached hydrogen (secondary N) is 1. The number of carbonyl (C=O) groups is 1. The zero-order valence-electron chi connectivity index (χ0n) is 16.2. The SMILES string of the molecule is CCN(CC)S(=O)(=O)c1ccc(CNC(=O)CC(C)c2ccccc2)cc1. The van der Waals surface area contributed by atoms with E-state index in [4.69, 9.17) is 0 Å². The van der Waals surface area contributed by atoms with E-state index in [1.165, 1.54) is 4.31 Å². The summed E-state index contributed by atoms with van der Waals surface area (Å²) in [6.07, 6.45) is 0.415. The Hall–Kier alpha value is -2.18. The van der Waals surface area contributed by atoms with E-state index in [9.17, 15) is 13.2 Å². The van der Waals surface area contributed by atoms with Gasteiger partial charge in [0.05, 0.1) is 4.90 Å². The summed E-state index contributed by atoms with van der Waals surface area (Å²) in [4.78, 5) is 12.5. The van der Waals surface area contributed by atoms with Gasteiger partial charge in [0.2, 0.25) is 15.9 Å². The summed E-state index contributed by atoms with van der Waals surface area (Å²) < 4.78 is 26.4. The summed E-state index contributed by atoms with van der Waals surface area (Å²) >= 11 is 0. The predicted molar refractivity (Wildman–Crippen MR) is 108 cm³/mol. The topological polar surface area (TPSA) is 66.5 Å². The zero-order valence-corrected chi connectivity index (χ0v) is 17.0. The van der Waals surface area contributed by atoms with Crippen LogP contribution in [0.5, 0.6) is 0 Å². The van der Waals surface area contributed by atoms with E-state index in [2.05, 4.69) is 5.32 Å². The zero-order chi connectivity index (χ0) is 19.9. The van der Waals surface area contributed by atoms with Gasteiger partial charge in [-0.05, 0) is 29.2 Å². The number of amides is 1. The maximum absolute atomic E-state index is 12.5. The fraction of sp³-hybridized carbons (Fsp3) is 0.381. The number of sulfonamides is 1. The molecule has 0 bridgehead atoms. The molecule has 0 aliphatic carbocycles. The normalized spacial score (nSPS) is 12.7. The van der Waals surface area contributed by atoms with Gasteiger partial charge in [-0.2, -0.15) is 4.31 Å². The molecular formula is C21H28N2O3S. The highest BCUT2D eigenvalue weighted by molar-refractivity contribution is 7.89. The molecule has 0 fully saturated rings. The Bertz CT molecular complexity index is 829. The molecule has 5 nitrogen and oxygen atoms in total. The third-order valence-electron chi connectivity index (χ3n) is 4.62. The van der Waals surface area contributed by atoms with Crippen molar-refractivity contribution in [2.45, 2.75) is 44.6 Å². The molecule has 2 aromatic rings. The highest BCUT2D eigenvalue weighted by Crippen LogP contribution is 2.19. The highest BCUT2D eigenvalue weighted by Gasteiger charge is 2.21. The van der Waals surface area contributed by atoms with Crippen molar-refractivity contribution in [1.29, 1.82) is 0 Å². The molecular weight excluding hydrogens is 360 g/mol. The average Bonchev–Trinajstić information content (AvgIpc) is 2.68. The molecule has 0 aliphatic rings. The first-order chi connectivity index (χ1) is 12.9. The number of nitrogens with zero attached hydrogens (tertiary/aromatic N) is 1. The van der Waals surface area contributed by atoms with Gasteiger partial charge in [0.25, 0.3) is 0 Å². The number of rotatable bonds is 9. The molecule has 0 heterocycles. The number of benzene rings is 2. The minimum absolute atomic E-state index is 0.0220. The van der Waals surface area contributed by atoms with E-state index < -0.39 is 10.0 Å². The van der Waals surface area contributed by atoms with Crippen LogP contribution < -0.4 is 5.32 Å². The molecule has 2 rings (SSSR count). The van der Waals surface area contributed by atoms with E-state index in [1.807, 2.05) is 51.1 Å². The van der Waals surface area contributed by atoms with Crippen LogP contribution in [0, 0.1) is 0 Å². The number of hydrogen-bond acceptors (Lipinski definition) is 3. The van der Waals surface area contributed by atoms with E-state index in [0.717, 1.165) is 11.1 Å². The third kappa shape index (κ3) is 5.65. The summed E-state index contributed by atoms with van der Waals surface area (Å²) in [6.45, 7) is 6.93. The van der Waals surface area contributed by atoms with Gasteiger partial charge in [0, 0.05) is 26.1 Å². The fourth-order valence-corrected chi connectivity index (χ4v) is 4.40. The number of hydrogen-bond donors (Lipinski definition) is 1. The molecule has 1 unspecified atom stereocenters. The Kier molecular flexibility index (Phi) is 7.56. The quantitative estimate of drug-likeness (QED) is 0.715. The van der Waals surface area contributed by atoms with Crippen LogP contribution in [0.3, 0.4) is 0 Å². The minimum atomic E-state index is -3.45. The largest absolute Gasteiger partial charge is 0.352 e. The molecule has 146 valence electrons. The van der Waals surface area contributed by atoms with E-state index in [0.29, 0.717) is 26.1 Å². The molecule has 6 heteroatoms. The van der Waals surface area contributed by atoms with Gasteiger partial charge in [0.1, 0.15) is 0 Å². The van der Waals surface area contributed by atoms with Crippen molar-refractivity contribution >= 4 is 15.9 Å². The second kappa shape index (κ2) is 9.67. The van der Waals surface area contributed by atoms with Gasteiger partial charge in [-0.1, -0.05) is 63.2 Å². The molecule has 1 amide bonds. The van der Waals surface area contributed by atoms with Crippen molar-refractivity contribution in [3.63, 3.8) is 0 Å². The van der Waals surface area contributed by atoms with Crippen LogP contribution in [0.15, 0.2) is 59.5 Å². The second-order valence-electron chi connectivity index (χ2n) is 6.53. The molecule has 0 saturated heterocycles. The summed E-state index contributed by atoms with van der Waals surface area (Å²) in [7, 11) is -3.45. The maximum Gasteiger partial charge on any atom is 0.243 e. The molecule has 1 atom stereocenters. The number of carbonyl (C=O) groups excluding carboxylic acids is 1. The second-order valence-corrected chi connectivity index (χ2v) is 8.46. The van der Waals surface area contributed by atoms with Crippen molar-refractivity contribution in [2.75, 3.05) is 13.1 Å². The van der Waals surface area contributed by atoms with Crippen molar-refractivity contribution < 1.29 is 13.2 Å². The lowest BCUT2D eigenvalue weighted by Gasteiger charge is -2.18. The molecule has 0 saturated carbocycles. The van der Waals surface area contributed by atoms with Crippen molar-refractivity contribution in [3.05, 3.63) is 65.7 Å². The van der Waals surface area contributed by atoms with Gasteiger partial charge < -0.3 is 5.32 Å². The Morgan fingerprint density at radius 3 is 2.15 bits per heavy atom. The van der Waals surface area contributed by atoms with Crippen molar-refractivity contribution in [3.8, 4) is 0 Å². The highest BCUT2D eigenvalue weighted by atomic mass is 32.2. The van der Waals surface area contributed by atoms with Gasteiger partial charge in [-0.3, -0.25) is 4.79 Å². The summed E-state index contributed by atoms with van der Waals surface area (Å²) in [5.74, 6) is 0.124. The van der Waals surface area contributed by atoms with Gasteiger partial charge in [-0.25, -0.2) is 8.42 Å². The van der Waals surface area contributed by atoms with Crippen LogP contribution in [0.25, 0.3) is 0 Å². The fourth-order valence-electron chi connectivity index (χ4n) is 2.94. The van der Waals surface area contributed by atoms with Crippen LogP contribution in [-0.2, 0) is 21.4 Å². The van der Waals surface area contributed by atoms with E-state index in [-0.39, 0.29) is 16.7 Å². The van der Waals surface area contributed by atoms with E-state index in [1.54, 1.807) is 24.3 Å². The summed E-state index contributed by atoms with van der Waals surface area (Å²) in [6, 6.07) is 16.6. The van der Waals surface area contributed by atoms with Crippen molar-refractivity contribution in [1.82, 2.24) is 9.62 Å². The Balaban J connectivity index is 1.92. The minimum Gasteiger partial charge on any atom is -0.352 e. The molecule has 27 heavy (non-hydrogen) atoms. The molecule has 0 spiro atoms. The first-order valence-corrected chi connectivity index (χ1v) is 10.7. The standard InChI is InChI=1S/C21H28N2O3S/c1-4-23(5-2)27(25,26)20-13-11-18(12-14-20)16-22-21(24)15-17(3)19-9-7-6-8-10-19/h6-14,17H,4-5,15-16H2,1-3H3,(H,22,24).